The number of hydrogen-bond donors (Lipinski definition) is 1. The minimum Gasteiger partial charge on any atom is -0.302 e. The Hall–Kier alpha value is -0.900. The number of nitrogens with one attached hydrogen (secondary N) is 1. The van der Waals surface area contributed by atoms with Gasteiger partial charge in [-0.1, -0.05) is 26.7 Å². The fourth-order valence-corrected chi connectivity index (χ4v) is 3.22. The number of amides is 2. The van der Waals surface area contributed by atoms with Crippen LogP contribution >= 0.6 is 0 Å². The minimum absolute atomic E-state index is 0.0310. The minimum atomic E-state index is -0.282. The Morgan fingerprint density at radius 2 is 2.00 bits per heavy atom. The first-order valence-corrected chi connectivity index (χ1v) is 7.14. The van der Waals surface area contributed by atoms with E-state index in [1.165, 1.54) is 17.7 Å². The maximum atomic E-state index is 12.1. The second-order valence-electron chi connectivity index (χ2n) is 5.77. The van der Waals surface area contributed by atoms with Gasteiger partial charge in [0.25, 0.3) is 0 Å². The Morgan fingerprint density at radius 3 is 2.61 bits per heavy atom. The lowest BCUT2D eigenvalue weighted by Gasteiger charge is -2.36. The molecule has 4 nitrogen and oxygen atoms in total. The van der Waals surface area contributed by atoms with Gasteiger partial charge in [0.1, 0.15) is 0 Å². The van der Waals surface area contributed by atoms with Crippen molar-refractivity contribution in [2.24, 2.45) is 11.8 Å². The van der Waals surface area contributed by atoms with Gasteiger partial charge in [-0.05, 0) is 25.2 Å². The number of carbonyl (C=O) groups excluding carboxylic acids is 2. The van der Waals surface area contributed by atoms with Crippen LogP contribution in [-0.2, 0) is 9.59 Å². The van der Waals surface area contributed by atoms with E-state index in [1.807, 2.05) is 6.92 Å². The predicted octanol–water partition coefficient (Wildman–Crippen LogP) is 1.55. The van der Waals surface area contributed by atoms with Crippen LogP contribution in [0.15, 0.2) is 0 Å². The zero-order chi connectivity index (χ0) is 13.3. The molecule has 1 aliphatic heterocycles. The van der Waals surface area contributed by atoms with Crippen LogP contribution in [0.4, 0.5) is 0 Å². The van der Waals surface area contributed by atoms with Gasteiger partial charge in [-0.3, -0.25) is 14.5 Å². The highest BCUT2D eigenvalue weighted by molar-refractivity contribution is 6.05. The highest BCUT2D eigenvalue weighted by Gasteiger charge is 2.40. The average molecular weight is 252 g/mol. The van der Waals surface area contributed by atoms with Crippen LogP contribution in [0.3, 0.4) is 0 Å². The van der Waals surface area contributed by atoms with E-state index in [2.05, 4.69) is 19.2 Å². The zero-order valence-corrected chi connectivity index (χ0v) is 11.6. The van der Waals surface area contributed by atoms with Gasteiger partial charge >= 0.3 is 0 Å². The maximum Gasteiger partial charge on any atom is 0.246 e. The lowest BCUT2D eigenvalue weighted by Crippen LogP contribution is -2.48. The number of rotatable bonds is 3. The molecule has 1 saturated heterocycles. The zero-order valence-electron chi connectivity index (χ0n) is 11.6. The first-order valence-electron chi connectivity index (χ1n) is 7.14. The van der Waals surface area contributed by atoms with Gasteiger partial charge in [-0.2, -0.15) is 0 Å². The van der Waals surface area contributed by atoms with Crippen molar-refractivity contribution in [3.8, 4) is 0 Å². The van der Waals surface area contributed by atoms with Gasteiger partial charge in [-0.15, -0.1) is 0 Å². The van der Waals surface area contributed by atoms with Crippen molar-refractivity contribution in [3.63, 3.8) is 0 Å². The summed E-state index contributed by atoms with van der Waals surface area (Å²) in [6, 6.07) is 0.0995. The van der Waals surface area contributed by atoms with Gasteiger partial charge in [-0.25, -0.2) is 0 Å². The number of hydrogen-bond acceptors (Lipinski definition) is 3. The van der Waals surface area contributed by atoms with Crippen LogP contribution in [0.5, 0.6) is 0 Å². The highest BCUT2D eigenvalue weighted by Crippen LogP contribution is 2.30. The summed E-state index contributed by atoms with van der Waals surface area (Å²) in [6.45, 7) is 6.87. The molecule has 1 aliphatic carbocycles. The van der Waals surface area contributed by atoms with Crippen LogP contribution in [0, 0.1) is 11.8 Å². The Bertz CT molecular complexity index is 343. The van der Waals surface area contributed by atoms with E-state index in [0.29, 0.717) is 30.8 Å². The fourth-order valence-electron chi connectivity index (χ4n) is 3.22. The van der Waals surface area contributed by atoms with E-state index in [-0.39, 0.29) is 17.9 Å². The molecular formula is C14H24N2O2. The third-order valence-corrected chi connectivity index (χ3v) is 4.68. The predicted molar refractivity (Wildman–Crippen MR) is 69.9 cm³/mol. The molecule has 0 aromatic rings. The molecule has 1 N–H and O–H groups in total. The summed E-state index contributed by atoms with van der Waals surface area (Å²) in [6.07, 6.45) is 3.95. The quantitative estimate of drug-likeness (QED) is 0.775. The standard InChI is InChI=1S/C14H24N2O2/c1-4-16-13(17)8-12(14(16)18)15-11-7-5-6-9(2)10(11)3/h9-12,15H,4-8H2,1-3H3. The second-order valence-corrected chi connectivity index (χ2v) is 5.77. The van der Waals surface area contributed by atoms with Gasteiger partial charge in [0.05, 0.1) is 12.5 Å². The molecule has 4 atom stereocenters. The first-order chi connectivity index (χ1) is 8.54. The van der Waals surface area contributed by atoms with Crippen LogP contribution < -0.4 is 5.32 Å². The summed E-state index contributed by atoms with van der Waals surface area (Å²) >= 11 is 0. The maximum absolute atomic E-state index is 12.1. The second kappa shape index (κ2) is 5.39. The molecule has 1 saturated carbocycles. The number of likely N-dealkylation sites (tertiary alicyclic amines) is 1. The smallest absolute Gasteiger partial charge is 0.246 e. The largest absolute Gasteiger partial charge is 0.302 e. The Kier molecular flexibility index (Phi) is 4.05. The number of nitrogens with zero attached hydrogens (tertiary/aromatic N) is 1. The molecule has 4 heteroatoms. The molecular weight excluding hydrogens is 228 g/mol. The molecule has 1 heterocycles. The topological polar surface area (TPSA) is 49.4 Å². The van der Waals surface area contributed by atoms with Gasteiger partial charge in [0, 0.05) is 12.6 Å². The monoisotopic (exact) mass is 252 g/mol. The van der Waals surface area contributed by atoms with Gasteiger partial charge in [0.15, 0.2) is 0 Å². The van der Waals surface area contributed by atoms with E-state index in [0.717, 1.165) is 6.42 Å². The summed E-state index contributed by atoms with van der Waals surface area (Å²) in [5.41, 5.74) is 0. The molecule has 0 spiro atoms. The lowest BCUT2D eigenvalue weighted by atomic mass is 9.78. The SMILES string of the molecule is CCN1C(=O)CC(NC2CCCC(C)C2C)C1=O. The third kappa shape index (κ3) is 2.44. The van der Waals surface area contributed by atoms with E-state index >= 15 is 0 Å². The van der Waals surface area contributed by atoms with Crippen molar-refractivity contribution in [1.82, 2.24) is 10.2 Å². The van der Waals surface area contributed by atoms with E-state index in [4.69, 9.17) is 0 Å². The van der Waals surface area contributed by atoms with Crippen LogP contribution in [0.1, 0.15) is 46.5 Å². The molecule has 0 radical (unpaired) electrons. The number of likely N-dealkylation sites (N-methyl/N-ethyl adjacent to an activating group) is 1. The van der Waals surface area contributed by atoms with Gasteiger partial charge < -0.3 is 5.32 Å². The Balaban J connectivity index is 1.98. The van der Waals surface area contributed by atoms with E-state index in [9.17, 15) is 9.59 Å². The molecule has 102 valence electrons. The van der Waals surface area contributed by atoms with Gasteiger partial charge in [0.2, 0.25) is 11.8 Å². The fraction of sp³-hybridized carbons (Fsp3) is 0.857. The summed E-state index contributed by atoms with van der Waals surface area (Å²) in [4.78, 5) is 25.1. The van der Waals surface area contributed by atoms with Crippen molar-refractivity contribution in [2.45, 2.75) is 58.5 Å². The van der Waals surface area contributed by atoms with E-state index in [1.54, 1.807) is 0 Å². The van der Waals surface area contributed by atoms with Crippen LogP contribution in [0.25, 0.3) is 0 Å². The van der Waals surface area contributed by atoms with Crippen molar-refractivity contribution in [1.29, 1.82) is 0 Å². The summed E-state index contributed by atoms with van der Waals surface area (Å²) in [5, 5.41) is 3.43. The third-order valence-electron chi connectivity index (χ3n) is 4.68. The van der Waals surface area contributed by atoms with Crippen LogP contribution in [-0.4, -0.2) is 35.3 Å². The van der Waals surface area contributed by atoms with Crippen molar-refractivity contribution < 1.29 is 9.59 Å². The number of carbonyl (C=O) groups is 2. The molecule has 2 amide bonds. The van der Waals surface area contributed by atoms with Crippen LogP contribution in [0.2, 0.25) is 0 Å². The molecule has 2 rings (SSSR count). The normalized spacial score (nSPS) is 37.4. The summed E-state index contributed by atoms with van der Waals surface area (Å²) in [5.74, 6) is 1.22. The summed E-state index contributed by atoms with van der Waals surface area (Å²) in [7, 11) is 0. The Morgan fingerprint density at radius 1 is 1.28 bits per heavy atom. The first kappa shape index (κ1) is 13.5. The van der Waals surface area contributed by atoms with Crippen molar-refractivity contribution in [3.05, 3.63) is 0 Å². The lowest BCUT2D eigenvalue weighted by molar-refractivity contribution is -0.138. The molecule has 0 bridgehead atoms. The molecule has 0 aromatic carbocycles. The van der Waals surface area contributed by atoms with E-state index < -0.39 is 0 Å². The van der Waals surface area contributed by atoms with Crippen molar-refractivity contribution >= 4 is 11.8 Å². The molecule has 18 heavy (non-hydrogen) atoms. The number of imide groups is 1. The Labute approximate surface area is 109 Å². The molecule has 4 unspecified atom stereocenters. The average Bonchev–Trinajstić information content (AvgIpc) is 2.60. The van der Waals surface area contributed by atoms with Crippen molar-refractivity contribution in [2.75, 3.05) is 6.54 Å². The molecule has 2 fully saturated rings. The summed E-state index contributed by atoms with van der Waals surface area (Å²) < 4.78 is 0. The highest BCUT2D eigenvalue weighted by atomic mass is 16.2. The molecule has 2 aliphatic rings. The molecule has 0 aromatic heterocycles.